The number of ether oxygens (including phenoxy) is 2. The van der Waals surface area contributed by atoms with Crippen molar-refractivity contribution in [3.05, 3.63) is 59.7 Å². The predicted octanol–water partition coefficient (Wildman–Crippen LogP) is 3.79. The normalized spacial score (nSPS) is 15.0. The second kappa shape index (κ2) is 11.8. The number of carbonyl (C=O) groups excluding carboxylic acids is 2. The summed E-state index contributed by atoms with van der Waals surface area (Å²) in [5.41, 5.74) is 4.52. The zero-order valence-corrected chi connectivity index (χ0v) is 20.6. The van der Waals surface area contributed by atoms with Crippen LogP contribution in [0.15, 0.2) is 48.5 Å². The minimum atomic E-state index is -1.13. The van der Waals surface area contributed by atoms with Crippen LogP contribution >= 0.6 is 0 Å². The van der Waals surface area contributed by atoms with E-state index in [0.717, 1.165) is 22.3 Å². The molecule has 2 amide bonds. The van der Waals surface area contributed by atoms with Crippen LogP contribution in [-0.2, 0) is 19.1 Å². The van der Waals surface area contributed by atoms with Crippen molar-refractivity contribution in [1.82, 2.24) is 10.6 Å². The number of carboxylic acids is 1. The summed E-state index contributed by atoms with van der Waals surface area (Å²) >= 11 is 0. The van der Waals surface area contributed by atoms with E-state index in [4.69, 9.17) is 9.47 Å². The molecule has 3 unspecified atom stereocenters. The molecule has 3 rings (SSSR count). The molecule has 0 radical (unpaired) electrons. The Kier molecular flexibility index (Phi) is 8.87. The van der Waals surface area contributed by atoms with Crippen LogP contribution in [0.4, 0.5) is 4.79 Å². The van der Waals surface area contributed by atoms with E-state index in [9.17, 15) is 19.5 Å². The first-order valence-corrected chi connectivity index (χ1v) is 11.9. The van der Waals surface area contributed by atoms with E-state index >= 15 is 0 Å². The largest absolute Gasteiger partial charge is 0.480 e. The van der Waals surface area contributed by atoms with Gasteiger partial charge >= 0.3 is 12.1 Å². The van der Waals surface area contributed by atoms with E-state index < -0.39 is 36.0 Å². The number of alkyl carbamates (subject to hydrolysis) is 1. The molecule has 0 bridgehead atoms. The summed E-state index contributed by atoms with van der Waals surface area (Å²) in [7, 11) is 1.47. The highest BCUT2D eigenvalue weighted by molar-refractivity contribution is 5.86. The lowest BCUT2D eigenvalue weighted by Gasteiger charge is -2.28. The lowest BCUT2D eigenvalue weighted by Crippen LogP contribution is -2.51. The molecule has 8 heteroatoms. The third-order valence-corrected chi connectivity index (χ3v) is 6.47. The Morgan fingerprint density at radius 2 is 1.51 bits per heavy atom. The maximum atomic E-state index is 12.9. The third-order valence-electron chi connectivity index (χ3n) is 6.47. The predicted molar refractivity (Wildman–Crippen MR) is 132 cm³/mol. The summed E-state index contributed by atoms with van der Waals surface area (Å²) < 4.78 is 10.5. The Bertz CT molecular complexity index is 1010. The van der Waals surface area contributed by atoms with Gasteiger partial charge in [-0.1, -0.05) is 62.4 Å². The molecule has 188 valence electrons. The van der Waals surface area contributed by atoms with Gasteiger partial charge in [-0.25, -0.2) is 9.59 Å². The van der Waals surface area contributed by atoms with E-state index in [1.54, 1.807) is 6.92 Å². The van der Waals surface area contributed by atoms with Crippen LogP contribution in [0.2, 0.25) is 0 Å². The molecule has 3 N–H and O–H groups in total. The van der Waals surface area contributed by atoms with Crippen LogP contribution < -0.4 is 10.6 Å². The molecular formula is C27H34N2O6. The van der Waals surface area contributed by atoms with E-state index in [1.165, 1.54) is 7.11 Å². The minimum absolute atomic E-state index is 0.0650. The van der Waals surface area contributed by atoms with Gasteiger partial charge in [0.25, 0.3) is 0 Å². The summed E-state index contributed by atoms with van der Waals surface area (Å²) in [5.74, 6) is -2.41. The first-order chi connectivity index (χ1) is 16.7. The van der Waals surface area contributed by atoms with Gasteiger partial charge in [0.15, 0.2) is 0 Å². The zero-order valence-electron chi connectivity index (χ0n) is 20.6. The van der Waals surface area contributed by atoms with Gasteiger partial charge in [-0.3, -0.25) is 4.79 Å². The number of hydrogen-bond donors (Lipinski definition) is 3. The molecule has 0 spiro atoms. The number of aliphatic carboxylic acids is 1. The smallest absolute Gasteiger partial charge is 0.407 e. The van der Waals surface area contributed by atoms with Crippen molar-refractivity contribution in [3.63, 3.8) is 0 Å². The number of methoxy groups -OCH3 is 1. The van der Waals surface area contributed by atoms with E-state index in [1.807, 2.05) is 50.2 Å². The van der Waals surface area contributed by atoms with Crippen LogP contribution in [-0.4, -0.2) is 55.5 Å². The van der Waals surface area contributed by atoms with E-state index in [2.05, 4.69) is 22.8 Å². The van der Waals surface area contributed by atoms with Gasteiger partial charge in [0.1, 0.15) is 12.6 Å². The summed E-state index contributed by atoms with van der Waals surface area (Å²) in [6.07, 6.45) is -0.469. The molecule has 0 saturated carbocycles. The lowest BCUT2D eigenvalue weighted by molar-refractivity contribution is -0.143. The molecule has 8 nitrogen and oxygen atoms in total. The molecule has 0 aromatic heterocycles. The highest BCUT2D eigenvalue weighted by atomic mass is 16.5. The molecule has 3 atom stereocenters. The van der Waals surface area contributed by atoms with Crippen molar-refractivity contribution >= 4 is 18.0 Å². The molecule has 0 saturated heterocycles. The fourth-order valence-corrected chi connectivity index (χ4v) is 4.78. The van der Waals surface area contributed by atoms with Crippen molar-refractivity contribution < 1.29 is 29.0 Å². The second-order valence-corrected chi connectivity index (χ2v) is 9.21. The van der Waals surface area contributed by atoms with Crippen LogP contribution in [0.5, 0.6) is 0 Å². The molecule has 1 aliphatic carbocycles. The van der Waals surface area contributed by atoms with Crippen molar-refractivity contribution in [2.45, 2.75) is 45.2 Å². The van der Waals surface area contributed by atoms with Crippen molar-refractivity contribution in [2.24, 2.45) is 11.8 Å². The summed E-state index contributed by atoms with van der Waals surface area (Å²) in [5, 5.41) is 14.7. The third kappa shape index (κ3) is 6.19. The number of carboxylic acid groups (broad SMARTS) is 1. The first-order valence-electron chi connectivity index (χ1n) is 11.9. The Hall–Kier alpha value is -3.39. The van der Waals surface area contributed by atoms with Gasteiger partial charge in [-0.15, -0.1) is 0 Å². The first kappa shape index (κ1) is 26.2. The highest BCUT2D eigenvalue weighted by Gasteiger charge is 2.33. The number of rotatable bonds is 11. The monoisotopic (exact) mass is 482 g/mol. The van der Waals surface area contributed by atoms with Gasteiger partial charge in [-0.05, 0) is 35.1 Å². The lowest BCUT2D eigenvalue weighted by atomic mass is 9.88. The molecule has 2 aromatic carbocycles. The van der Waals surface area contributed by atoms with Crippen LogP contribution in [0, 0.1) is 11.8 Å². The van der Waals surface area contributed by atoms with Gasteiger partial charge < -0.3 is 25.2 Å². The van der Waals surface area contributed by atoms with Crippen LogP contribution in [0.3, 0.4) is 0 Å². The molecule has 0 fully saturated rings. The van der Waals surface area contributed by atoms with Crippen LogP contribution in [0.25, 0.3) is 11.1 Å². The molecule has 2 aromatic rings. The average Bonchev–Trinajstić information content (AvgIpc) is 3.13. The SMILES string of the molecule is COCCC(NC(=O)C(C(C)C)C(C)NC(=O)OCC1c2ccccc2-c2ccccc21)C(=O)O. The number of benzene rings is 2. The number of nitrogens with one attached hydrogen (secondary N) is 2. The summed E-state index contributed by atoms with van der Waals surface area (Å²) in [6, 6.07) is 14.5. The Labute approximate surface area is 206 Å². The molecular weight excluding hydrogens is 448 g/mol. The molecule has 35 heavy (non-hydrogen) atoms. The fraction of sp³-hybridized carbons (Fsp3) is 0.444. The van der Waals surface area contributed by atoms with Crippen molar-refractivity contribution in [1.29, 1.82) is 0 Å². The Balaban J connectivity index is 1.62. The quantitative estimate of drug-likeness (QED) is 0.449. The standard InChI is InChI=1S/C27H34N2O6/c1-16(2)24(25(30)29-23(26(31)32)13-14-34-4)17(3)28-27(33)35-15-22-20-11-7-5-9-18(20)19-10-6-8-12-21(19)22/h5-12,16-17,22-24H,13-15H2,1-4H3,(H,28,33)(H,29,30)(H,31,32). The Morgan fingerprint density at radius 3 is 2.03 bits per heavy atom. The fourth-order valence-electron chi connectivity index (χ4n) is 4.78. The van der Waals surface area contributed by atoms with Gasteiger partial charge in [-0.2, -0.15) is 0 Å². The molecule has 1 aliphatic rings. The van der Waals surface area contributed by atoms with Gasteiger partial charge in [0.05, 0.1) is 5.92 Å². The van der Waals surface area contributed by atoms with Crippen molar-refractivity contribution in [3.8, 4) is 11.1 Å². The molecule has 0 heterocycles. The highest BCUT2D eigenvalue weighted by Crippen LogP contribution is 2.44. The zero-order chi connectivity index (χ0) is 25.5. The molecule has 0 aliphatic heterocycles. The van der Waals surface area contributed by atoms with E-state index in [0.29, 0.717) is 0 Å². The van der Waals surface area contributed by atoms with Crippen molar-refractivity contribution in [2.75, 3.05) is 20.3 Å². The number of hydrogen-bond acceptors (Lipinski definition) is 5. The summed E-state index contributed by atoms with van der Waals surface area (Å²) in [6.45, 7) is 5.80. The van der Waals surface area contributed by atoms with Gasteiger partial charge in [0, 0.05) is 32.1 Å². The Morgan fingerprint density at radius 1 is 0.943 bits per heavy atom. The van der Waals surface area contributed by atoms with Crippen LogP contribution in [0.1, 0.15) is 44.2 Å². The van der Waals surface area contributed by atoms with E-state index in [-0.39, 0.29) is 31.5 Å². The maximum absolute atomic E-state index is 12.9. The minimum Gasteiger partial charge on any atom is -0.480 e. The number of amides is 2. The maximum Gasteiger partial charge on any atom is 0.407 e. The average molecular weight is 483 g/mol. The topological polar surface area (TPSA) is 114 Å². The van der Waals surface area contributed by atoms with Gasteiger partial charge in [0.2, 0.25) is 5.91 Å². The second-order valence-electron chi connectivity index (χ2n) is 9.21. The number of carbonyl (C=O) groups is 3. The number of fused-ring (bicyclic) bond motifs is 3. The summed E-state index contributed by atoms with van der Waals surface area (Å²) in [4.78, 5) is 37.1.